The molecular weight excluding hydrogens is 344 g/mol. The molecule has 5 rings (SSSR count). The van der Waals surface area contributed by atoms with Crippen LogP contribution in [-0.4, -0.2) is 54.2 Å². The number of nitrogens with one attached hydrogen (secondary N) is 1. The highest BCUT2D eigenvalue weighted by Gasteiger charge is 2.76. The van der Waals surface area contributed by atoms with Gasteiger partial charge in [0.15, 0.2) is 0 Å². The van der Waals surface area contributed by atoms with Crippen molar-refractivity contribution in [2.45, 2.75) is 37.3 Å². The lowest BCUT2D eigenvalue weighted by atomic mass is 9.42. The van der Waals surface area contributed by atoms with Gasteiger partial charge in [0.05, 0.1) is 25.8 Å². The molecule has 2 N–H and O–H groups in total. The zero-order valence-electron chi connectivity index (χ0n) is 15.6. The number of aliphatic hydroxyl groups excluding tert-OH is 1. The highest BCUT2D eigenvalue weighted by Crippen LogP contribution is 2.67. The lowest BCUT2D eigenvalue weighted by molar-refractivity contribution is -0.188. The molecule has 1 aromatic carbocycles. The molecule has 0 spiro atoms. The standard InChI is InChI=1S/C21H24N2O4/c1-3-12-10-23-16-8-14(12)21(11-24,19(26)27-2)20(9-17(23)25)13-6-4-5-7-15(13)22-18(16)20/h3-7,14,16,18,22,24H,8-11H2,1-2H3. The van der Waals surface area contributed by atoms with Gasteiger partial charge in [-0.2, -0.15) is 0 Å². The first-order chi connectivity index (χ1) is 13.0. The maximum Gasteiger partial charge on any atom is 0.315 e. The molecule has 1 aromatic rings. The number of amides is 1. The van der Waals surface area contributed by atoms with Crippen molar-refractivity contribution >= 4 is 17.6 Å². The molecule has 5 atom stereocenters. The fourth-order valence-corrected chi connectivity index (χ4v) is 6.58. The van der Waals surface area contributed by atoms with E-state index in [4.69, 9.17) is 4.74 Å². The zero-order chi connectivity index (χ0) is 19.0. The smallest absolute Gasteiger partial charge is 0.315 e. The molecule has 3 aliphatic heterocycles. The Morgan fingerprint density at radius 1 is 1.44 bits per heavy atom. The molecule has 142 valence electrons. The molecule has 3 bridgehead atoms. The van der Waals surface area contributed by atoms with Crippen LogP contribution >= 0.6 is 0 Å². The van der Waals surface area contributed by atoms with Gasteiger partial charge in [0.25, 0.3) is 0 Å². The first-order valence-electron chi connectivity index (χ1n) is 9.55. The van der Waals surface area contributed by atoms with Crippen molar-refractivity contribution in [2.75, 3.05) is 25.6 Å². The molecule has 2 saturated heterocycles. The number of allylic oxidation sites excluding steroid dienone is 1. The highest BCUT2D eigenvalue weighted by molar-refractivity contribution is 5.91. The summed E-state index contributed by atoms with van der Waals surface area (Å²) >= 11 is 0. The molecule has 0 radical (unpaired) electrons. The minimum absolute atomic E-state index is 0.0108. The predicted octanol–water partition coefficient (Wildman–Crippen LogP) is 1.45. The molecule has 6 heteroatoms. The van der Waals surface area contributed by atoms with Crippen LogP contribution in [0.25, 0.3) is 0 Å². The van der Waals surface area contributed by atoms with Crippen molar-refractivity contribution in [3.8, 4) is 0 Å². The Morgan fingerprint density at radius 3 is 2.93 bits per heavy atom. The van der Waals surface area contributed by atoms with Crippen molar-refractivity contribution in [2.24, 2.45) is 11.3 Å². The predicted molar refractivity (Wildman–Crippen MR) is 99.0 cm³/mol. The number of anilines is 1. The molecule has 27 heavy (non-hydrogen) atoms. The number of rotatable bonds is 2. The van der Waals surface area contributed by atoms with Crippen LogP contribution in [0, 0.1) is 11.3 Å². The summed E-state index contributed by atoms with van der Waals surface area (Å²) in [5.74, 6) is -0.507. The van der Waals surface area contributed by atoms with Gasteiger partial charge < -0.3 is 20.1 Å². The quantitative estimate of drug-likeness (QED) is 0.610. The van der Waals surface area contributed by atoms with E-state index >= 15 is 0 Å². The van der Waals surface area contributed by atoms with Crippen LogP contribution < -0.4 is 5.32 Å². The second kappa shape index (κ2) is 5.35. The minimum atomic E-state index is -1.17. The minimum Gasteiger partial charge on any atom is -0.468 e. The van der Waals surface area contributed by atoms with Crippen LogP contribution in [0.1, 0.15) is 25.3 Å². The Hall–Kier alpha value is -2.34. The molecule has 3 fully saturated rings. The van der Waals surface area contributed by atoms with Gasteiger partial charge in [0, 0.05) is 30.0 Å². The summed E-state index contributed by atoms with van der Waals surface area (Å²) in [5.41, 5.74) is 0.970. The second-order valence-electron chi connectivity index (χ2n) is 8.18. The molecule has 1 aliphatic carbocycles. The zero-order valence-corrected chi connectivity index (χ0v) is 15.6. The lowest BCUT2D eigenvalue weighted by Gasteiger charge is -2.66. The molecule has 5 unspecified atom stereocenters. The number of aliphatic hydroxyl groups is 1. The first kappa shape index (κ1) is 16.8. The average molecular weight is 368 g/mol. The Labute approximate surface area is 158 Å². The second-order valence-corrected chi connectivity index (χ2v) is 8.18. The normalized spacial score (nSPS) is 39.8. The monoisotopic (exact) mass is 368 g/mol. The van der Waals surface area contributed by atoms with E-state index in [9.17, 15) is 14.7 Å². The van der Waals surface area contributed by atoms with Gasteiger partial charge in [0.2, 0.25) is 5.91 Å². The van der Waals surface area contributed by atoms with Crippen molar-refractivity contribution < 1.29 is 19.4 Å². The van der Waals surface area contributed by atoms with Crippen LogP contribution in [-0.2, 0) is 19.7 Å². The fraction of sp³-hybridized carbons (Fsp3) is 0.524. The van der Waals surface area contributed by atoms with Crippen molar-refractivity contribution in [1.82, 2.24) is 4.90 Å². The Balaban J connectivity index is 1.87. The van der Waals surface area contributed by atoms with Gasteiger partial charge in [-0.3, -0.25) is 9.59 Å². The number of carbonyl (C=O) groups excluding carboxylic acids is 2. The van der Waals surface area contributed by atoms with E-state index in [-0.39, 0.29) is 36.9 Å². The third-order valence-corrected chi connectivity index (χ3v) is 7.62. The molecular formula is C21H24N2O4. The Kier molecular flexibility index (Phi) is 3.33. The van der Waals surface area contributed by atoms with Crippen molar-refractivity contribution in [3.05, 3.63) is 41.5 Å². The number of carbonyl (C=O) groups is 2. The molecule has 1 amide bonds. The number of esters is 1. The molecule has 0 aromatic heterocycles. The van der Waals surface area contributed by atoms with E-state index in [0.717, 1.165) is 16.8 Å². The Morgan fingerprint density at radius 2 is 2.22 bits per heavy atom. The van der Waals surface area contributed by atoms with Crippen molar-refractivity contribution in [3.63, 3.8) is 0 Å². The van der Waals surface area contributed by atoms with E-state index in [1.54, 1.807) is 0 Å². The lowest BCUT2D eigenvalue weighted by Crippen LogP contribution is -2.78. The Bertz CT molecular complexity index is 881. The van der Waals surface area contributed by atoms with E-state index < -0.39 is 16.8 Å². The summed E-state index contributed by atoms with van der Waals surface area (Å²) in [6, 6.07) is 7.79. The number of para-hydroxylation sites is 1. The number of fused-ring (bicyclic) bond motifs is 2. The highest BCUT2D eigenvalue weighted by atomic mass is 16.5. The number of piperidine rings is 2. The summed E-state index contributed by atoms with van der Waals surface area (Å²) in [7, 11) is 1.38. The van der Waals surface area contributed by atoms with Crippen LogP contribution in [0.3, 0.4) is 0 Å². The van der Waals surface area contributed by atoms with Gasteiger partial charge in [-0.05, 0) is 25.0 Å². The van der Waals surface area contributed by atoms with Crippen LogP contribution in [0.15, 0.2) is 35.9 Å². The number of hydrogen-bond acceptors (Lipinski definition) is 5. The van der Waals surface area contributed by atoms with Crippen molar-refractivity contribution in [1.29, 1.82) is 0 Å². The van der Waals surface area contributed by atoms with Crippen LogP contribution in [0.2, 0.25) is 0 Å². The van der Waals surface area contributed by atoms with Gasteiger partial charge in [-0.15, -0.1) is 0 Å². The number of hydrogen-bond donors (Lipinski definition) is 2. The van der Waals surface area contributed by atoms with Gasteiger partial charge in [-0.1, -0.05) is 29.8 Å². The van der Waals surface area contributed by atoms with Crippen LogP contribution in [0.4, 0.5) is 5.69 Å². The van der Waals surface area contributed by atoms with E-state index in [2.05, 4.69) is 5.32 Å². The first-order valence-corrected chi connectivity index (χ1v) is 9.55. The van der Waals surface area contributed by atoms with Gasteiger partial charge in [-0.25, -0.2) is 0 Å². The fourth-order valence-electron chi connectivity index (χ4n) is 6.58. The maximum atomic E-state index is 13.4. The number of nitrogens with zero attached hydrogens (tertiary/aromatic N) is 1. The SMILES string of the molecule is CC=C1CN2C(=O)CC34c5ccccc5NC3C2CC1C4(CO)C(=O)OC. The molecule has 6 nitrogen and oxygen atoms in total. The van der Waals surface area contributed by atoms with Crippen LogP contribution in [0.5, 0.6) is 0 Å². The number of benzene rings is 1. The van der Waals surface area contributed by atoms with Gasteiger partial charge >= 0.3 is 5.97 Å². The molecule has 1 saturated carbocycles. The third kappa shape index (κ3) is 1.66. The van der Waals surface area contributed by atoms with E-state index in [1.165, 1.54) is 7.11 Å². The number of methoxy groups -OCH3 is 1. The summed E-state index contributed by atoms with van der Waals surface area (Å²) in [6.07, 6.45) is 2.87. The van der Waals surface area contributed by atoms with E-state index in [1.807, 2.05) is 42.2 Å². The average Bonchev–Trinajstić information content (AvgIpc) is 3.04. The maximum absolute atomic E-state index is 13.4. The molecule has 3 heterocycles. The largest absolute Gasteiger partial charge is 0.468 e. The van der Waals surface area contributed by atoms with Gasteiger partial charge in [0.1, 0.15) is 5.41 Å². The topological polar surface area (TPSA) is 78.9 Å². The third-order valence-electron chi connectivity index (χ3n) is 7.62. The summed E-state index contributed by atoms with van der Waals surface area (Å²) < 4.78 is 5.29. The molecule has 4 aliphatic rings. The van der Waals surface area contributed by atoms with E-state index in [0.29, 0.717) is 13.0 Å². The summed E-state index contributed by atoms with van der Waals surface area (Å²) in [5, 5.41) is 14.4. The number of ether oxygens (including phenoxy) is 1. The summed E-state index contributed by atoms with van der Waals surface area (Å²) in [6.45, 7) is 2.13. The summed E-state index contributed by atoms with van der Waals surface area (Å²) in [4.78, 5) is 28.5.